The molecule has 0 N–H and O–H groups in total. The van der Waals surface area contributed by atoms with Gasteiger partial charge in [-0.15, -0.1) is 0 Å². The average Bonchev–Trinajstić information content (AvgIpc) is 2.12. The molecule has 0 bridgehead atoms. The zero-order chi connectivity index (χ0) is 9.97. The molecule has 1 aliphatic rings. The smallest absolute Gasteiger partial charge is 0.198 e. The van der Waals surface area contributed by atoms with Crippen LogP contribution in [0, 0.1) is 11.9 Å². The second-order valence-electron chi connectivity index (χ2n) is 3.36. The van der Waals surface area contributed by atoms with Crippen LogP contribution in [0.15, 0.2) is 12.1 Å². The van der Waals surface area contributed by atoms with E-state index in [0.717, 1.165) is 19.3 Å². The van der Waals surface area contributed by atoms with Gasteiger partial charge < -0.3 is 9.47 Å². The van der Waals surface area contributed by atoms with Gasteiger partial charge in [-0.25, -0.2) is 4.39 Å². The minimum atomic E-state index is -0.476. The molecule has 1 radical (unpaired) electrons. The third-order valence-corrected chi connectivity index (χ3v) is 2.42. The van der Waals surface area contributed by atoms with Gasteiger partial charge in [-0.05, 0) is 31.4 Å². The molecule has 3 heteroatoms. The highest BCUT2D eigenvalue weighted by Crippen LogP contribution is 2.33. The zero-order valence-corrected chi connectivity index (χ0v) is 8.05. The van der Waals surface area contributed by atoms with Crippen LogP contribution in [0.2, 0.25) is 0 Å². The Labute approximate surface area is 82.6 Å². The molecule has 1 aromatic rings. The van der Waals surface area contributed by atoms with Crippen molar-refractivity contribution in [2.75, 3.05) is 7.11 Å². The molecule has 0 spiro atoms. The second-order valence-corrected chi connectivity index (χ2v) is 3.36. The second kappa shape index (κ2) is 3.86. The normalized spacial score (nSPS) is 16.1. The lowest BCUT2D eigenvalue weighted by atomic mass is 9.96. The predicted octanol–water partition coefficient (Wildman–Crippen LogP) is 2.57. The molecule has 0 saturated heterocycles. The van der Waals surface area contributed by atoms with E-state index < -0.39 is 5.82 Å². The van der Waals surface area contributed by atoms with Crippen molar-refractivity contribution in [3.63, 3.8) is 0 Å². The van der Waals surface area contributed by atoms with Crippen LogP contribution in [-0.2, 0) is 0 Å². The topological polar surface area (TPSA) is 18.5 Å². The standard InChI is InChI=1S/C11H12FO2/c1-13-10-7-3-6-9(12)11(10)14-8-4-2-5-8/h3,7-8H,2,4-5H2,1H3. The van der Waals surface area contributed by atoms with Crippen molar-refractivity contribution in [3.8, 4) is 11.5 Å². The van der Waals surface area contributed by atoms with Gasteiger partial charge in [0, 0.05) is 6.07 Å². The van der Waals surface area contributed by atoms with Gasteiger partial charge in [0.1, 0.15) is 0 Å². The Balaban J connectivity index is 2.19. The van der Waals surface area contributed by atoms with Gasteiger partial charge >= 0.3 is 0 Å². The first kappa shape index (κ1) is 9.31. The van der Waals surface area contributed by atoms with Crippen molar-refractivity contribution in [2.45, 2.75) is 25.4 Å². The van der Waals surface area contributed by atoms with E-state index in [2.05, 4.69) is 6.07 Å². The van der Waals surface area contributed by atoms with Crippen LogP contribution in [0.5, 0.6) is 11.5 Å². The molecule has 1 fully saturated rings. The van der Waals surface area contributed by atoms with Gasteiger partial charge in [0.15, 0.2) is 17.3 Å². The Morgan fingerprint density at radius 2 is 2.29 bits per heavy atom. The number of hydrogen-bond acceptors (Lipinski definition) is 2. The van der Waals surface area contributed by atoms with Crippen molar-refractivity contribution in [3.05, 3.63) is 24.0 Å². The third-order valence-electron chi connectivity index (χ3n) is 2.42. The molecule has 2 nitrogen and oxygen atoms in total. The van der Waals surface area contributed by atoms with Crippen molar-refractivity contribution < 1.29 is 13.9 Å². The fourth-order valence-corrected chi connectivity index (χ4v) is 1.37. The molecule has 0 heterocycles. The Morgan fingerprint density at radius 3 is 2.86 bits per heavy atom. The fourth-order valence-electron chi connectivity index (χ4n) is 1.37. The SMILES string of the molecule is COc1cc[c]c(F)c1OC1CCC1. The van der Waals surface area contributed by atoms with Gasteiger partial charge in [-0.3, -0.25) is 0 Å². The lowest BCUT2D eigenvalue weighted by molar-refractivity contribution is 0.110. The maximum absolute atomic E-state index is 13.3. The van der Waals surface area contributed by atoms with E-state index in [1.165, 1.54) is 13.2 Å². The number of ether oxygens (including phenoxy) is 2. The summed E-state index contributed by atoms with van der Waals surface area (Å²) in [7, 11) is 1.50. The van der Waals surface area contributed by atoms with E-state index >= 15 is 0 Å². The van der Waals surface area contributed by atoms with Crippen LogP contribution >= 0.6 is 0 Å². The molecule has 1 aromatic carbocycles. The highest BCUT2D eigenvalue weighted by Gasteiger charge is 2.22. The first-order valence-corrected chi connectivity index (χ1v) is 4.72. The number of hydrogen-bond donors (Lipinski definition) is 0. The zero-order valence-electron chi connectivity index (χ0n) is 8.05. The molecule has 2 rings (SSSR count). The largest absolute Gasteiger partial charge is 0.493 e. The summed E-state index contributed by atoms with van der Waals surface area (Å²) < 4.78 is 23.8. The van der Waals surface area contributed by atoms with E-state index in [9.17, 15) is 4.39 Å². The Kier molecular flexibility index (Phi) is 2.57. The van der Waals surface area contributed by atoms with Crippen LogP contribution in [-0.4, -0.2) is 13.2 Å². The van der Waals surface area contributed by atoms with Crippen LogP contribution in [0.1, 0.15) is 19.3 Å². The molecule has 0 amide bonds. The molecule has 75 valence electrons. The molecule has 0 aliphatic heterocycles. The van der Waals surface area contributed by atoms with E-state index in [1.807, 2.05) is 0 Å². The Morgan fingerprint density at radius 1 is 1.50 bits per heavy atom. The molecular weight excluding hydrogens is 183 g/mol. The highest BCUT2D eigenvalue weighted by atomic mass is 19.1. The molecule has 0 unspecified atom stereocenters. The minimum Gasteiger partial charge on any atom is -0.493 e. The lowest BCUT2D eigenvalue weighted by Crippen LogP contribution is -2.25. The van der Waals surface area contributed by atoms with E-state index in [4.69, 9.17) is 9.47 Å². The number of benzene rings is 1. The summed E-state index contributed by atoms with van der Waals surface area (Å²) >= 11 is 0. The summed E-state index contributed by atoms with van der Waals surface area (Å²) in [6.45, 7) is 0. The van der Waals surface area contributed by atoms with Crippen LogP contribution in [0.25, 0.3) is 0 Å². The quantitative estimate of drug-likeness (QED) is 0.738. The first-order valence-electron chi connectivity index (χ1n) is 4.72. The molecule has 0 atom stereocenters. The van der Waals surface area contributed by atoms with Gasteiger partial charge in [0.05, 0.1) is 13.2 Å². The predicted molar refractivity (Wildman–Crippen MR) is 50.1 cm³/mol. The van der Waals surface area contributed by atoms with Crippen LogP contribution < -0.4 is 9.47 Å². The van der Waals surface area contributed by atoms with Gasteiger partial charge in [-0.1, -0.05) is 0 Å². The van der Waals surface area contributed by atoms with E-state index in [-0.39, 0.29) is 11.9 Å². The van der Waals surface area contributed by atoms with Crippen LogP contribution in [0.4, 0.5) is 4.39 Å². The van der Waals surface area contributed by atoms with Crippen molar-refractivity contribution in [1.82, 2.24) is 0 Å². The lowest BCUT2D eigenvalue weighted by Gasteiger charge is -2.27. The highest BCUT2D eigenvalue weighted by molar-refractivity contribution is 5.40. The minimum absolute atomic E-state index is 0.147. The van der Waals surface area contributed by atoms with Crippen LogP contribution in [0.3, 0.4) is 0 Å². The maximum Gasteiger partial charge on any atom is 0.198 e. The first-order chi connectivity index (χ1) is 6.81. The summed E-state index contributed by atoms with van der Waals surface area (Å²) in [5, 5.41) is 0. The molecular formula is C11H12FO2. The fraction of sp³-hybridized carbons (Fsp3) is 0.455. The summed E-state index contributed by atoms with van der Waals surface area (Å²) in [5.74, 6) is 0.157. The Hall–Kier alpha value is -1.25. The van der Waals surface area contributed by atoms with Crippen molar-refractivity contribution in [1.29, 1.82) is 0 Å². The van der Waals surface area contributed by atoms with E-state index in [0.29, 0.717) is 5.75 Å². The van der Waals surface area contributed by atoms with Crippen molar-refractivity contribution in [2.24, 2.45) is 0 Å². The summed E-state index contributed by atoms with van der Waals surface area (Å²) in [5.41, 5.74) is 0. The number of methoxy groups -OCH3 is 1. The Bertz CT molecular complexity index is 321. The monoisotopic (exact) mass is 195 g/mol. The summed E-state index contributed by atoms with van der Waals surface area (Å²) in [4.78, 5) is 0. The van der Waals surface area contributed by atoms with Crippen molar-refractivity contribution >= 4 is 0 Å². The molecule has 1 aliphatic carbocycles. The molecule has 14 heavy (non-hydrogen) atoms. The maximum atomic E-state index is 13.3. The van der Waals surface area contributed by atoms with Gasteiger partial charge in [-0.2, -0.15) is 0 Å². The number of rotatable bonds is 3. The molecule has 0 aromatic heterocycles. The summed E-state index contributed by atoms with van der Waals surface area (Å²) in [6, 6.07) is 5.59. The number of halogens is 1. The third kappa shape index (κ3) is 1.67. The summed E-state index contributed by atoms with van der Waals surface area (Å²) in [6.07, 6.45) is 3.30. The average molecular weight is 195 g/mol. The van der Waals surface area contributed by atoms with Gasteiger partial charge in [0.2, 0.25) is 0 Å². The van der Waals surface area contributed by atoms with E-state index in [1.54, 1.807) is 6.07 Å². The van der Waals surface area contributed by atoms with Gasteiger partial charge in [0.25, 0.3) is 0 Å². The molecule has 1 saturated carbocycles.